The molecule has 1 atom stereocenters. The Labute approximate surface area is 137 Å². The van der Waals surface area contributed by atoms with Crippen LogP contribution in [0.4, 0.5) is 0 Å². The van der Waals surface area contributed by atoms with Gasteiger partial charge in [0.15, 0.2) is 0 Å². The summed E-state index contributed by atoms with van der Waals surface area (Å²) in [6, 6.07) is 8.19. The first-order valence-corrected chi connectivity index (χ1v) is 8.67. The van der Waals surface area contributed by atoms with Gasteiger partial charge in [0.1, 0.15) is 0 Å². The van der Waals surface area contributed by atoms with Crippen LogP contribution in [0.1, 0.15) is 41.7 Å². The molecular formula is C19H24N2O2. The summed E-state index contributed by atoms with van der Waals surface area (Å²) in [6.07, 6.45) is 2.49. The van der Waals surface area contributed by atoms with Gasteiger partial charge < -0.3 is 14.2 Å². The number of hydrogen-bond donors (Lipinski definition) is 0. The van der Waals surface area contributed by atoms with Gasteiger partial charge in [-0.1, -0.05) is 18.2 Å². The van der Waals surface area contributed by atoms with Crippen LogP contribution in [0.5, 0.6) is 0 Å². The molecule has 23 heavy (non-hydrogen) atoms. The summed E-state index contributed by atoms with van der Waals surface area (Å²) in [5.41, 5.74) is 3.10. The largest absolute Gasteiger partial charge is 0.462 e. The van der Waals surface area contributed by atoms with Crippen molar-refractivity contribution in [3.8, 4) is 0 Å². The van der Waals surface area contributed by atoms with Crippen molar-refractivity contribution >= 4 is 16.9 Å². The first-order chi connectivity index (χ1) is 11.2. The van der Waals surface area contributed by atoms with Crippen molar-refractivity contribution in [3.63, 3.8) is 0 Å². The molecule has 3 aliphatic heterocycles. The van der Waals surface area contributed by atoms with Crippen molar-refractivity contribution < 1.29 is 9.53 Å². The number of nitrogens with zero attached hydrogens (tertiary/aromatic N) is 2. The number of fused-ring (bicyclic) bond motifs is 4. The lowest BCUT2D eigenvalue weighted by Gasteiger charge is -2.45. The molecule has 3 saturated heterocycles. The molecular weight excluding hydrogens is 288 g/mol. The summed E-state index contributed by atoms with van der Waals surface area (Å²) < 4.78 is 7.63. The van der Waals surface area contributed by atoms with E-state index in [4.69, 9.17) is 4.74 Å². The Morgan fingerprint density at radius 3 is 2.65 bits per heavy atom. The molecule has 4 nitrogen and oxygen atoms in total. The number of hydrogen-bond acceptors (Lipinski definition) is 3. The molecule has 0 amide bonds. The molecule has 4 heteroatoms. The quantitative estimate of drug-likeness (QED) is 0.817. The van der Waals surface area contributed by atoms with Gasteiger partial charge >= 0.3 is 5.97 Å². The summed E-state index contributed by atoms with van der Waals surface area (Å²) in [5, 5.41) is 1.03. The molecule has 0 radical (unpaired) electrons. The van der Waals surface area contributed by atoms with Crippen LogP contribution < -0.4 is 0 Å². The predicted molar refractivity (Wildman–Crippen MR) is 90.8 cm³/mol. The minimum Gasteiger partial charge on any atom is -0.462 e. The second-order valence-electron chi connectivity index (χ2n) is 6.80. The van der Waals surface area contributed by atoms with Crippen LogP contribution in [0.2, 0.25) is 0 Å². The Morgan fingerprint density at radius 1 is 1.26 bits per heavy atom. The van der Waals surface area contributed by atoms with Crippen LogP contribution in [0.15, 0.2) is 24.3 Å². The molecule has 0 N–H and O–H groups in total. The van der Waals surface area contributed by atoms with E-state index in [9.17, 15) is 4.79 Å². The average Bonchev–Trinajstić information content (AvgIpc) is 2.89. The molecule has 0 aliphatic carbocycles. The number of carbonyl (C=O) groups excluding carboxylic acids is 1. The van der Waals surface area contributed by atoms with Crippen LogP contribution >= 0.6 is 0 Å². The SMILES string of the molecule is CCOC(=O)c1c(C2CN3CCC2CC3)n(C)c2ccccc12. The van der Waals surface area contributed by atoms with E-state index < -0.39 is 0 Å². The van der Waals surface area contributed by atoms with Crippen molar-refractivity contribution in [3.05, 3.63) is 35.5 Å². The van der Waals surface area contributed by atoms with E-state index in [1.165, 1.54) is 31.6 Å². The molecule has 0 saturated carbocycles. The Kier molecular flexibility index (Phi) is 3.64. The number of rotatable bonds is 3. The monoisotopic (exact) mass is 312 g/mol. The van der Waals surface area contributed by atoms with Gasteiger partial charge in [0.25, 0.3) is 0 Å². The van der Waals surface area contributed by atoms with E-state index >= 15 is 0 Å². The third-order valence-electron chi connectivity index (χ3n) is 5.64. The van der Waals surface area contributed by atoms with Crippen molar-refractivity contribution in [2.24, 2.45) is 13.0 Å². The topological polar surface area (TPSA) is 34.5 Å². The summed E-state index contributed by atoms with van der Waals surface area (Å²) in [5.74, 6) is 0.959. The Morgan fingerprint density at radius 2 is 2.00 bits per heavy atom. The number of aryl methyl sites for hydroxylation is 1. The molecule has 122 valence electrons. The number of piperidine rings is 3. The van der Waals surface area contributed by atoms with Crippen molar-refractivity contribution in [1.29, 1.82) is 0 Å². The van der Waals surface area contributed by atoms with Crippen molar-refractivity contribution in [1.82, 2.24) is 9.47 Å². The lowest BCUT2D eigenvalue weighted by molar-refractivity contribution is 0.0517. The smallest absolute Gasteiger partial charge is 0.340 e. The van der Waals surface area contributed by atoms with E-state index in [0.29, 0.717) is 18.4 Å². The molecule has 0 spiro atoms. The fourth-order valence-corrected chi connectivity index (χ4v) is 4.54. The zero-order valence-electron chi connectivity index (χ0n) is 13.9. The Bertz CT molecular complexity index is 741. The van der Waals surface area contributed by atoms with Gasteiger partial charge in [0, 0.05) is 36.1 Å². The van der Waals surface area contributed by atoms with Gasteiger partial charge in [-0.05, 0) is 44.8 Å². The van der Waals surface area contributed by atoms with Gasteiger partial charge in [-0.25, -0.2) is 4.79 Å². The molecule has 3 aliphatic rings. The molecule has 3 fully saturated rings. The molecule has 4 heterocycles. The second kappa shape index (κ2) is 5.68. The molecule has 2 bridgehead atoms. The van der Waals surface area contributed by atoms with Crippen LogP contribution in [0.25, 0.3) is 10.9 Å². The number of para-hydroxylation sites is 1. The number of aromatic nitrogens is 1. The third-order valence-corrected chi connectivity index (χ3v) is 5.64. The summed E-state index contributed by atoms with van der Waals surface area (Å²) in [4.78, 5) is 15.2. The first kappa shape index (κ1) is 14.8. The highest BCUT2D eigenvalue weighted by Gasteiger charge is 2.39. The summed E-state index contributed by atoms with van der Waals surface area (Å²) >= 11 is 0. The van der Waals surface area contributed by atoms with Crippen molar-refractivity contribution in [2.45, 2.75) is 25.7 Å². The van der Waals surface area contributed by atoms with Crippen LogP contribution in [-0.2, 0) is 11.8 Å². The third kappa shape index (κ3) is 2.27. The predicted octanol–water partition coefficient (Wildman–Crippen LogP) is 3.16. The van der Waals surface area contributed by atoms with Crippen LogP contribution in [0, 0.1) is 5.92 Å². The maximum absolute atomic E-state index is 12.7. The first-order valence-electron chi connectivity index (χ1n) is 8.67. The molecule has 2 aromatic rings. The fourth-order valence-electron chi connectivity index (χ4n) is 4.54. The number of carbonyl (C=O) groups is 1. The minimum absolute atomic E-state index is 0.171. The normalized spacial score (nSPS) is 26.6. The van der Waals surface area contributed by atoms with Gasteiger partial charge in [-0.3, -0.25) is 0 Å². The number of benzene rings is 1. The van der Waals surface area contributed by atoms with Gasteiger partial charge in [0.2, 0.25) is 0 Å². The molecule has 1 aromatic heterocycles. The van der Waals surface area contributed by atoms with E-state index in [-0.39, 0.29) is 5.97 Å². The summed E-state index contributed by atoms with van der Waals surface area (Å²) in [6.45, 7) is 5.78. The van der Waals surface area contributed by atoms with Crippen LogP contribution in [0.3, 0.4) is 0 Å². The Balaban J connectivity index is 1.89. The Hall–Kier alpha value is -1.81. The lowest BCUT2D eigenvalue weighted by Crippen LogP contribution is -2.47. The van der Waals surface area contributed by atoms with Gasteiger partial charge in [-0.15, -0.1) is 0 Å². The molecule has 5 rings (SSSR count). The van der Waals surface area contributed by atoms with Gasteiger partial charge in [0.05, 0.1) is 12.2 Å². The fraction of sp³-hybridized carbons (Fsp3) is 0.526. The minimum atomic E-state index is -0.171. The van der Waals surface area contributed by atoms with Crippen LogP contribution in [-0.4, -0.2) is 41.7 Å². The van der Waals surface area contributed by atoms with E-state index in [1.54, 1.807) is 0 Å². The van der Waals surface area contributed by atoms with E-state index in [0.717, 1.165) is 23.0 Å². The molecule has 1 aromatic carbocycles. The maximum atomic E-state index is 12.7. The van der Waals surface area contributed by atoms with Gasteiger partial charge in [-0.2, -0.15) is 0 Å². The zero-order valence-corrected chi connectivity index (χ0v) is 13.9. The van der Waals surface area contributed by atoms with E-state index in [2.05, 4.69) is 22.6 Å². The number of esters is 1. The molecule has 1 unspecified atom stereocenters. The number of ether oxygens (including phenoxy) is 1. The highest BCUT2D eigenvalue weighted by Crippen LogP contribution is 2.42. The highest BCUT2D eigenvalue weighted by atomic mass is 16.5. The lowest BCUT2D eigenvalue weighted by atomic mass is 9.76. The van der Waals surface area contributed by atoms with Crippen molar-refractivity contribution in [2.75, 3.05) is 26.2 Å². The summed E-state index contributed by atoms with van der Waals surface area (Å²) in [7, 11) is 2.10. The highest BCUT2D eigenvalue weighted by molar-refractivity contribution is 6.06. The standard InChI is InChI=1S/C19H24N2O2/c1-3-23-19(22)17-14-6-4-5-7-16(14)20(2)18(17)15-12-21-10-8-13(15)9-11-21/h4-7,13,15H,3,8-12H2,1-2H3. The maximum Gasteiger partial charge on any atom is 0.340 e. The second-order valence-corrected chi connectivity index (χ2v) is 6.80. The zero-order chi connectivity index (χ0) is 16.0. The average molecular weight is 312 g/mol. The van der Waals surface area contributed by atoms with E-state index in [1.807, 2.05) is 25.1 Å².